The number of anilines is 1. The van der Waals surface area contributed by atoms with Crippen molar-refractivity contribution in [1.29, 1.82) is 0 Å². The lowest BCUT2D eigenvalue weighted by molar-refractivity contribution is -0.138. The van der Waals surface area contributed by atoms with Crippen LogP contribution in [0, 0.1) is 0 Å². The van der Waals surface area contributed by atoms with Gasteiger partial charge < -0.3 is 29.4 Å². The molecule has 0 saturated carbocycles. The van der Waals surface area contributed by atoms with Gasteiger partial charge in [-0.25, -0.2) is 4.98 Å². The van der Waals surface area contributed by atoms with Gasteiger partial charge in [0.05, 0.1) is 43.9 Å². The van der Waals surface area contributed by atoms with Crippen molar-refractivity contribution in [1.82, 2.24) is 19.4 Å². The number of aliphatic carboxylic acids is 1. The second-order valence-electron chi connectivity index (χ2n) is 9.46. The maximum atomic E-state index is 13.3. The topological polar surface area (TPSA) is 145 Å². The zero-order valence-electron chi connectivity index (χ0n) is 22.4. The normalized spacial score (nSPS) is 11.6. The van der Waals surface area contributed by atoms with Gasteiger partial charge in [-0.3, -0.25) is 23.7 Å². The molecule has 0 aliphatic rings. The monoisotopic (exact) mass is 539 g/mol. The first kappa shape index (κ1) is 28.0. The Bertz CT molecular complexity index is 1580. The molecular weight excluding hydrogens is 506 g/mol. The number of carbonyl (C=O) groups is 2. The van der Waals surface area contributed by atoms with Crippen LogP contribution in [0.15, 0.2) is 33.9 Å². The lowest BCUT2D eigenvalue weighted by Gasteiger charge is -2.20. The maximum absolute atomic E-state index is 13.3. The summed E-state index contributed by atoms with van der Waals surface area (Å²) in [5.41, 5.74) is 0.846. The molecule has 0 atom stereocenters. The number of hydrogen-bond donors (Lipinski definition) is 2. The number of nitrogens with one attached hydrogen (secondary N) is 1. The van der Waals surface area contributed by atoms with E-state index in [9.17, 15) is 19.2 Å². The van der Waals surface area contributed by atoms with Crippen molar-refractivity contribution in [3.8, 4) is 0 Å². The smallest absolute Gasteiger partial charge is 0.305 e. The Morgan fingerprint density at radius 3 is 2.28 bits per heavy atom. The van der Waals surface area contributed by atoms with E-state index in [2.05, 4.69) is 5.32 Å². The number of amides is 1. The highest BCUT2D eigenvalue weighted by atomic mass is 16.5. The number of rotatable bonds is 14. The van der Waals surface area contributed by atoms with Crippen molar-refractivity contribution in [3.05, 3.63) is 45.0 Å². The first-order chi connectivity index (χ1) is 18.7. The molecule has 4 aromatic rings. The van der Waals surface area contributed by atoms with E-state index in [0.717, 1.165) is 16.9 Å². The van der Waals surface area contributed by atoms with Gasteiger partial charge in [-0.15, -0.1) is 0 Å². The molecule has 0 saturated heterocycles. The number of carboxylic acid groups (broad SMARTS) is 1. The van der Waals surface area contributed by atoms with Crippen LogP contribution in [-0.2, 0) is 32.7 Å². The number of carbonyl (C=O) groups excluding carboxylic acids is 1. The number of aromatic nitrogens is 3. The quantitative estimate of drug-likeness (QED) is 0.179. The number of nitrogens with zero attached hydrogens (tertiary/aromatic N) is 4. The first-order valence-corrected chi connectivity index (χ1v) is 12.8. The summed E-state index contributed by atoms with van der Waals surface area (Å²) < 4.78 is 13.6. The standard InChI is InChI=1S/C27H33N5O7/c1-30(2)27-29-19-8-6-17-23-18(7-9-20(24(19)23)31(27)3)26(37)32(25(17)36)12-4-5-21(33)28-11-14-39-16-15-38-13-10-22(34)35/h6-9H,4-5,10-16H2,1-3H3,(H,28,33)(H,34,35). The SMILES string of the molecule is CN(C)c1nc2ccc3c(=O)n(CCCC(=O)NCCOCCOCCC(=O)O)c(=O)c4ccc(c2c34)n1C. The summed E-state index contributed by atoms with van der Waals surface area (Å²) in [7, 11) is 5.72. The van der Waals surface area contributed by atoms with Crippen LogP contribution < -0.4 is 21.3 Å². The summed E-state index contributed by atoms with van der Waals surface area (Å²) in [5.74, 6) is -0.364. The van der Waals surface area contributed by atoms with Crippen molar-refractivity contribution < 1.29 is 24.2 Å². The molecule has 2 heterocycles. The van der Waals surface area contributed by atoms with Crippen LogP contribution in [0.1, 0.15) is 19.3 Å². The fourth-order valence-corrected chi connectivity index (χ4v) is 4.70. The molecule has 2 aromatic carbocycles. The molecule has 0 fully saturated rings. The van der Waals surface area contributed by atoms with E-state index >= 15 is 0 Å². The van der Waals surface area contributed by atoms with Gasteiger partial charge >= 0.3 is 5.97 Å². The van der Waals surface area contributed by atoms with Crippen molar-refractivity contribution in [2.24, 2.45) is 7.05 Å². The van der Waals surface area contributed by atoms with Crippen molar-refractivity contribution in [3.63, 3.8) is 0 Å². The average molecular weight is 540 g/mol. The lowest BCUT2D eigenvalue weighted by atomic mass is 10.00. The van der Waals surface area contributed by atoms with Gasteiger partial charge in [0, 0.05) is 62.2 Å². The van der Waals surface area contributed by atoms with Gasteiger partial charge in [-0.2, -0.15) is 0 Å². The van der Waals surface area contributed by atoms with Gasteiger partial charge in [0.25, 0.3) is 11.1 Å². The number of benzene rings is 2. The highest BCUT2D eigenvalue weighted by molar-refractivity contribution is 6.21. The van der Waals surface area contributed by atoms with E-state index in [1.165, 1.54) is 4.57 Å². The maximum Gasteiger partial charge on any atom is 0.305 e. The number of hydrogen-bond acceptors (Lipinski definition) is 8. The summed E-state index contributed by atoms with van der Waals surface area (Å²) in [6.45, 7) is 1.43. The summed E-state index contributed by atoms with van der Waals surface area (Å²) in [5, 5.41) is 13.6. The van der Waals surface area contributed by atoms with Crippen molar-refractivity contribution >= 4 is 50.4 Å². The molecule has 4 rings (SSSR count). The van der Waals surface area contributed by atoms with Crippen LogP contribution in [0.5, 0.6) is 0 Å². The third-order valence-electron chi connectivity index (χ3n) is 6.54. The summed E-state index contributed by atoms with van der Waals surface area (Å²) in [6.07, 6.45) is 0.428. The van der Waals surface area contributed by atoms with Gasteiger partial charge in [0.15, 0.2) is 0 Å². The molecule has 0 bridgehead atoms. The summed E-state index contributed by atoms with van der Waals surface area (Å²) >= 11 is 0. The lowest BCUT2D eigenvalue weighted by Crippen LogP contribution is -2.34. The highest BCUT2D eigenvalue weighted by Crippen LogP contribution is 2.32. The Labute approximate surface area is 224 Å². The van der Waals surface area contributed by atoms with Crippen LogP contribution in [0.25, 0.3) is 32.6 Å². The molecule has 2 N–H and O–H groups in total. The number of aryl methyl sites for hydroxylation is 1. The Morgan fingerprint density at radius 1 is 0.949 bits per heavy atom. The molecule has 12 heteroatoms. The third-order valence-corrected chi connectivity index (χ3v) is 6.54. The van der Waals surface area contributed by atoms with E-state index < -0.39 is 5.97 Å². The van der Waals surface area contributed by atoms with Crippen molar-refractivity contribution in [2.75, 3.05) is 52.0 Å². The molecule has 208 valence electrons. The molecule has 0 aliphatic heterocycles. The van der Waals surface area contributed by atoms with Crippen LogP contribution in [-0.4, -0.2) is 78.2 Å². The van der Waals surface area contributed by atoms with E-state index in [1.807, 2.05) is 42.7 Å². The Hall–Kier alpha value is -4.03. The van der Waals surface area contributed by atoms with Gasteiger partial charge in [-0.05, 0) is 30.7 Å². The fraction of sp³-hybridized carbons (Fsp3) is 0.444. The molecule has 0 radical (unpaired) electrons. The molecule has 0 aliphatic carbocycles. The molecule has 0 unspecified atom stereocenters. The Balaban J connectivity index is 1.38. The minimum Gasteiger partial charge on any atom is -0.481 e. The largest absolute Gasteiger partial charge is 0.481 e. The molecular formula is C27H33N5O7. The summed E-state index contributed by atoms with van der Waals surface area (Å²) in [4.78, 5) is 55.9. The number of ether oxygens (including phenoxy) is 2. The molecule has 39 heavy (non-hydrogen) atoms. The minimum absolute atomic E-state index is 0.0563. The van der Waals surface area contributed by atoms with Crippen LogP contribution in [0.4, 0.5) is 5.95 Å². The van der Waals surface area contributed by atoms with Crippen LogP contribution in [0.2, 0.25) is 0 Å². The van der Waals surface area contributed by atoms with E-state index in [-0.39, 0.29) is 56.2 Å². The predicted molar refractivity (Wildman–Crippen MR) is 148 cm³/mol. The van der Waals surface area contributed by atoms with Gasteiger partial charge in [0.2, 0.25) is 11.9 Å². The first-order valence-electron chi connectivity index (χ1n) is 12.8. The number of pyridine rings is 1. The van der Waals surface area contributed by atoms with E-state index in [1.54, 1.807) is 12.1 Å². The second-order valence-corrected chi connectivity index (χ2v) is 9.46. The van der Waals surface area contributed by atoms with Gasteiger partial charge in [0.1, 0.15) is 0 Å². The van der Waals surface area contributed by atoms with E-state index in [4.69, 9.17) is 19.6 Å². The minimum atomic E-state index is -0.917. The Morgan fingerprint density at radius 2 is 1.62 bits per heavy atom. The van der Waals surface area contributed by atoms with Crippen LogP contribution >= 0.6 is 0 Å². The fourth-order valence-electron chi connectivity index (χ4n) is 4.70. The highest BCUT2D eigenvalue weighted by Gasteiger charge is 2.19. The molecule has 12 nitrogen and oxygen atoms in total. The van der Waals surface area contributed by atoms with E-state index in [0.29, 0.717) is 41.2 Å². The second kappa shape index (κ2) is 12.2. The van der Waals surface area contributed by atoms with Gasteiger partial charge in [-0.1, -0.05) is 0 Å². The van der Waals surface area contributed by atoms with Crippen LogP contribution in [0.3, 0.4) is 0 Å². The molecule has 2 aromatic heterocycles. The zero-order valence-corrected chi connectivity index (χ0v) is 22.4. The summed E-state index contributed by atoms with van der Waals surface area (Å²) in [6, 6.07) is 7.17. The molecule has 1 amide bonds. The predicted octanol–water partition coefficient (Wildman–Crippen LogP) is 1.31. The Kier molecular flexibility index (Phi) is 8.77. The third kappa shape index (κ3) is 6.02. The zero-order chi connectivity index (χ0) is 28.1. The average Bonchev–Trinajstić information content (AvgIpc) is 2.90. The van der Waals surface area contributed by atoms with Crippen molar-refractivity contribution in [2.45, 2.75) is 25.8 Å². The number of carboxylic acids is 1. The molecule has 0 spiro atoms.